The maximum absolute atomic E-state index is 12.0. The van der Waals surface area contributed by atoms with Gasteiger partial charge in [0.05, 0.1) is 28.5 Å². The molecule has 0 aliphatic carbocycles. The second-order valence-corrected chi connectivity index (χ2v) is 9.64. The van der Waals surface area contributed by atoms with Gasteiger partial charge in [0.25, 0.3) is 5.69 Å². The third-order valence-electron chi connectivity index (χ3n) is 4.66. The fourth-order valence-electron chi connectivity index (χ4n) is 3.39. The highest BCUT2D eigenvalue weighted by atomic mass is 32.2. The lowest BCUT2D eigenvalue weighted by atomic mass is 10.1. The van der Waals surface area contributed by atoms with Crippen molar-refractivity contribution in [1.82, 2.24) is 0 Å². The molecule has 0 spiro atoms. The van der Waals surface area contributed by atoms with Crippen molar-refractivity contribution in [3.05, 3.63) is 70.3 Å². The molecule has 2 unspecified atom stereocenters. The number of para-hydroxylation sites is 1. The Morgan fingerprint density at radius 1 is 1.11 bits per heavy atom. The Morgan fingerprint density at radius 3 is 2.48 bits per heavy atom. The van der Waals surface area contributed by atoms with Gasteiger partial charge >= 0.3 is 0 Å². The predicted molar refractivity (Wildman–Crippen MR) is 107 cm³/mol. The summed E-state index contributed by atoms with van der Waals surface area (Å²) in [6, 6.07) is 15.7. The molecule has 9 heteroatoms. The lowest BCUT2D eigenvalue weighted by Crippen LogP contribution is -2.39. The number of nitro groups is 1. The van der Waals surface area contributed by atoms with Crippen LogP contribution in [0.15, 0.2) is 59.6 Å². The van der Waals surface area contributed by atoms with Gasteiger partial charge in [0.15, 0.2) is 15.0 Å². The van der Waals surface area contributed by atoms with Crippen LogP contribution in [0.5, 0.6) is 0 Å². The van der Waals surface area contributed by atoms with E-state index in [0.29, 0.717) is 5.75 Å². The van der Waals surface area contributed by atoms with Gasteiger partial charge in [-0.1, -0.05) is 42.1 Å². The quantitative estimate of drug-likeness (QED) is 0.576. The molecule has 7 nitrogen and oxygen atoms in total. The lowest BCUT2D eigenvalue weighted by molar-refractivity contribution is -0.384. The van der Waals surface area contributed by atoms with Crippen molar-refractivity contribution < 1.29 is 13.3 Å². The van der Waals surface area contributed by atoms with Crippen molar-refractivity contribution in [2.24, 2.45) is 4.99 Å². The van der Waals surface area contributed by atoms with Crippen LogP contribution >= 0.6 is 11.8 Å². The second kappa shape index (κ2) is 6.97. The van der Waals surface area contributed by atoms with E-state index in [-0.39, 0.29) is 29.3 Å². The molecule has 0 saturated carbocycles. The fourth-order valence-corrected chi connectivity index (χ4v) is 6.31. The van der Waals surface area contributed by atoms with Crippen molar-refractivity contribution in [3.8, 4) is 0 Å². The monoisotopic (exact) mass is 403 g/mol. The highest BCUT2D eigenvalue weighted by Crippen LogP contribution is 2.35. The number of hydrogen-bond donors (Lipinski definition) is 0. The number of nitrogens with zero attached hydrogens (tertiary/aromatic N) is 3. The summed E-state index contributed by atoms with van der Waals surface area (Å²) in [7, 11) is -3.07. The summed E-state index contributed by atoms with van der Waals surface area (Å²) in [5, 5.41) is 11.6. The molecule has 4 rings (SSSR count). The molecule has 1 saturated heterocycles. The molecule has 0 radical (unpaired) electrons. The number of hydrogen-bond acceptors (Lipinski definition) is 7. The Bertz CT molecular complexity index is 991. The van der Waals surface area contributed by atoms with Gasteiger partial charge in [0.2, 0.25) is 0 Å². The zero-order valence-corrected chi connectivity index (χ0v) is 15.9. The molecule has 27 heavy (non-hydrogen) atoms. The van der Waals surface area contributed by atoms with Crippen LogP contribution in [0.25, 0.3) is 0 Å². The first-order valence-electron chi connectivity index (χ1n) is 8.41. The summed E-state index contributed by atoms with van der Waals surface area (Å²) in [6.07, 6.45) is 0. The number of fused-ring (bicyclic) bond motifs is 1. The Labute approximate surface area is 161 Å². The Balaban J connectivity index is 1.55. The van der Waals surface area contributed by atoms with Crippen LogP contribution in [0.4, 0.5) is 11.4 Å². The Hall–Kier alpha value is -2.39. The van der Waals surface area contributed by atoms with Gasteiger partial charge in [0, 0.05) is 23.6 Å². The van der Waals surface area contributed by atoms with Gasteiger partial charge in [-0.2, -0.15) is 0 Å². The Kier molecular flexibility index (Phi) is 4.65. The minimum atomic E-state index is -3.07. The van der Waals surface area contributed by atoms with Gasteiger partial charge < -0.3 is 4.90 Å². The van der Waals surface area contributed by atoms with E-state index < -0.39 is 14.8 Å². The Morgan fingerprint density at radius 2 is 1.81 bits per heavy atom. The van der Waals surface area contributed by atoms with E-state index in [9.17, 15) is 18.5 Å². The molecule has 1 fully saturated rings. The highest BCUT2D eigenvalue weighted by Gasteiger charge is 2.47. The lowest BCUT2D eigenvalue weighted by Gasteiger charge is -2.26. The van der Waals surface area contributed by atoms with Crippen molar-refractivity contribution in [1.29, 1.82) is 0 Å². The van der Waals surface area contributed by atoms with Crippen LogP contribution in [0.2, 0.25) is 0 Å². The molecule has 2 atom stereocenters. The van der Waals surface area contributed by atoms with Crippen LogP contribution in [0, 0.1) is 10.1 Å². The molecule has 2 aromatic rings. The molecular weight excluding hydrogens is 386 g/mol. The third-order valence-corrected chi connectivity index (χ3v) is 7.39. The number of thioether (sulfide) groups is 1. The number of nitro benzene ring substituents is 1. The number of aliphatic imine (C=N–C) groups is 1. The number of sulfone groups is 1. The van der Waals surface area contributed by atoms with Crippen molar-refractivity contribution in [3.63, 3.8) is 0 Å². The van der Waals surface area contributed by atoms with Crippen LogP contribution in [-0.2, 0) is 15.6 Å². The topological polar surface area (TPSA) is 92.9 Å². The number of amidine groups is 1. The predicted octanol–water partition coefficient (Wildman–Crippen LogP) is 2.87. The number of benzene rings is 2. The van der Waals surface area contributed by atoms with E-state index in [1.165, 1.54) is 23.9 Å². The minimum Gasteiger partial charge on any atom is -0.315 e. The first-order chi connectivity index (χ1) is 12.9. The molecule has 2 aliphatic rings. The summed E-state index contributed by atoms with van der Waals surface area (Å²) >= 11 is 1.52. The second-order valence-electron chi connectivity index (χ2n) is 6.54. The molecule has 2 heterocycles. The molecule has 0 bridgehead atoms. The average molecular weight is 403 g/mol. The van der Waals surface area contributed by atoms with Crippen LogP contribution in [0.3, 0.4) is 0 Å². The van der Waals surface area contributed by atoms with Gasteiger partial charge in [-0.25, -0.2) is 8.42 Å². The van der Waals surface area contributed by atoms with Crippen molar-refractivity contribution >= 4 is 38.1 Å². The van der Waals surface area contributed by atoms with Crippen LogP contribution in [0.1, 0.15) is 5.56 Å². The zero-order chi connectivity index (χ0) is 19.0. The first kappa shape index (κ1) is 18.0. The largest absolute Gasteiger partial charge is 0.315 e. The van der Waals surface area contributed by atoms with Crippen LogP contribution < -0.4 is 4.90 Å². The molecule has 0 amide bonds. The van der Waals surface area contributed by atoms with Crippen molar-refractivity contribution in [2.45, 2.75) is 17.8 Å². The maximum atomic E-state index is 12.0. The van der Waals surface area contributed by atoms with E-state index in [1.807, 2.05) is 35.2 Å². The average Bonchev–Trinajstić information content (AvgIpc) is 3.12. The third kappa shape index (κ3) is 3.70. The van der Waals surface area contributed by atoms with E-state index in [2.05, 4.69) is 4.99 Å². The summed E-state index contributed by atoms with van der Waals surface area (Å²) in [5.41, 5.74) is 1.94. The van der Waals surface area contributed by atoms with Crippen LogP contribution in [-0.4, -0.2) is 42.1 Å². The van der Waals surface area contributed by atoms with E-state index >= 15 is 0 Å². The van der Waals surface area contributed by atoms with Gasteiger partial charge in [-0.05, 0) is 17.7 Å². The summed E-state index contributed by atoms with van der Waals surface area (Å²) in [4.78, 5) is 17.1. The molecular formula is C18H17N3O4S2. The highest BCUT2D eigenvalue weighted by molar-refractivity contribution is 8.13. The SMILES string of the molecule is O=[N+]([O-])c1ccc(CSC2=NC3CS(=O)(=O)CC3N2c2ccccc2)cc1. The van der Waals surface area contributed by atoms with E-state index in [0.717, 1.165) is 16.4 Å². The summed E-state index contributed by atoms with van der Waals surface area (Å²) in [6.45, 7) is 0. The zero-order valence-electron chi connectivity index (χ0n) is 14.3. The van der Waals surface area contributed by atoms with E-state index in [1.54, 1.807) is 12.1 Å². The molecule has 140 valence electrons. The molecule has 0 N–H and O–H groups in total. The minimum absolute atomic E-state index is 0.0626. The van der Waals surface area contributed by atoms with Gasteiger partial charge in [-0.3, -0.25) is 15.1 Å². The normalized spacial score (nSPS) is 23.1. The summed E-state index contributed by atoms with van der Waals surface area (Å²) < 4.78 is 24.1. The fraction of sp³-hybridized carbons (Fsp3) is 0.278. The van der Waals surface area contributed by atoms with Crippen molar-refractivity contribution in [2.75, 3.05) is 16.4 Å². The van der Waals surface area contributed by atoms with Gasteiger partial charge in [-0.15, -0.1) is 0 Å². The van der Waals surface area contributed by atoms with E-state index in [4.69, 9.17) is 0 Å². The number of non-ortho nitro benzene ring substituents is 1. The summed E-state index contributed by atoms with van der Waals surface area (Å²) in [5.74, 6) is 0.798. The maximum Gasteiger partial charge on any atom is 0.269 e. The number of rotatable bonds is 4. The molecule has 2 aromatic carbocycles. The molecule has 2 aliphatic heterocycles. The van der Waals surface area contributed by atoms with Gasteiger partial charge in [0.1, 0.15) is 0 Å². The smallest absolute Gasteiger partial charge is 0.269 e. The first-order valence-corrected chi connectivity index (χ1v) is 11.2. The number of anilines is 1. The standard InChI is InChI=1S/C18H17N3O4S2/c22-21(23)15-8-6-13(7-9-15)10-26-18-19-16-11-27(24,25)12-17(16)20(18)14-4-2-1-3-5-14/h1-9,16-17H,10-12H2. The molecule has 0 aromatic heterocycles.